The molecule has 0 bridgehead atoms. The van der Waals surface area contributed by atoms with Crippen molar-refractivity contribution in [3.05, 3.63) is 23.8 Å². The largest absolute Gasteiger partial charge is 0.399 e. The first-order valence-corrected chi connectivity index (χ1v) is 7.45. The zero-order valence-electron chi connectivity index (χ0n) is 13.1. The molecule has 5 nitrogen and oxygen atoms in total. The fraction of sp³-hybridized carbons (Fsp3) is 0.562. The van der Waals surface area contributed by atoms with Crippen LogP contribution in [0.1, 0.15) is 30.1 Å². The molecule has 0 saturated heterocycles. The van der Waals surface area contributed by atoms with E-state index in [1.807, 2.05) is 6.07 Å². The van der Waals surface area contributed by atoms with Gasteiger partial charge in [-0.1, -0.05) is 0 Å². The topological polar surface area (TPSA) is 67.6 Å². The molecule has 1 saturated carbocycles. The third-order valence-corrected chi connectivity index (χ3v) is 4.14. The van der Waals surface area contributed by atoms with Crippen LogP contribution in [-0.2, 0) is 4.74 Å². The molecule has 5 heteroatoms. The summed E-state index contributed by atoms with van der Waals surface area (Å²) in [7, 11) is 3.34. The van der Waals surface area contributed by atoms with E-state index in [2.05, 4.69) is 17.1 Å². The molecule has 1 unspecified atom stereocenters. The van der Waals surface area contributed by atoms with Crippen molar-refractivity contribution in [2.45, 2.75) is 25.8 Å². The maximum Gasteiger partial charge on any atom is 0.253 e. The molecule has 0 aromatic heterocycles. The van der Waals surface area contributed by atoms with Gasteiger partial charge in [0, 0.05) is 32.4 Å². The summed E-state index contributed by atoms with van der Waals surface area (Å²) in [5, 5.41) is 2.70. The number of hydrogen-bond donors (Lipinski definition) is 2. The fourth-order valence-corrected chi connectivity index (χ4v) is 2.68. The van der Waals surface area contributed by atoms with Crippen molar-refractivity contribution >= 4 is 17.3 Å². The highest BCUT2D eigenvalue weighted by Crippen LogP contribution is 2.38. The molecule has 0 aliphatic heterocycles. The van der Waals surface area contributed by atoms with E-state index < -0.39 is 0 Å². The minimum absolute atomic E-state index is 0.0876. The van der Waals surface area contributed by atoms with Gasteiger partial charge >= 0.3 is 0 Å². The van der Waals surface area contributed by atoms with Crippen molar-refractivity contribution in [2.75, 3.05) is 37.9 Å². The molecule has 0 spiro atoms. The summed E-state index contributed by atoms with van der Waals surface area (Å²) < 4.78 is 5.23. The number of ether oxygens (including phenoxy) is 1. The van der Waals surface area contributed by atoms with Crippen molar-refractivity contribution in [2.24, 2.45) is 5.92 Å². The first kappa shape index (κ1) is 15.6. The van der Waals surface area contributed by atoms with Crippen LogP contribution in [0.25, 0.3) is 0 Å². The quantitative estimate of drug-likeness (QED) is 0.753. The summed E-state index contributed by atoms with van der Waals surface area (Å²) in [6, 6.07) is 5.83. The zero-order valence-corrected chi connectivity index (χ0v) is 13.1. The maximum atomic E-state index is 12.1. The van der Waals surface area contributed by atoms with Crippen molar-refractivity contribution in [3.63, 3.8) is 0 Å². The second-order valence-corrected chi connectivity index (χ2v) is 5.62. The Bertz CT molecular complexity index is 500. The second kappa shape index (κ2) is 6.80. The third kappa shape index (κ3) is 3.67. The number of nitrogens with one attached hydrogen (secondary N) is 1. The lowest BCUT2D eigenvalue weighted by molar-refractivity contribution is 0.0963. The molecule has 0 radical (unpaired) electrons. The molecule has 0 heterocycles. The maximum absolute atomic E-state index is 12.1. The summed E-state index contributed by atoms with van der Waals surface area (Å²) in [6.07, 6.45) is 2.50. The molecular weight excluding hydrogens is 266 g/mol. The van der Waals surface area contributed by atoms with Crippen LogP contribution in [-0.4, -0.2) is 39.3 Å². The molecule has 1 aromatic rings. The molecule has 1 atom stereocenters. The molecule has 21 heavy (non-hydrogen) atoms. The number of carbonyl (C=O) groups excluding carboxylic acids is 1. The molecule has 116 valence electrons. The normalized spacial score (nSPS) is 15.6. The highest BCUT2D eigenvalue weighted by Gasteiger charge is 2.33. The standard InChI is InChI=1S/C16H25N3O2/c1-11(12-4-5-12)19(8-9-21-3)15-10-13(17)6-7-14(15)16(20)18-2/h6-7,10-12H,4-5,8-9,17H2,1-3H3,(H,18,20). The van der Waals surface area contributed by atoms with Crippen LogP contribution in [0.3, 0.4) is 0 Å². The van der Waals surface area contributed by atoms with E-state index in [-0.39, 0.29) is 5.91 Å². The number of amides is 1. The Morgan fingerprint density at radius 2 is 2.24 bits per heavy atom. The van der Waals surface area contributed by atoms with E-state index in [9.17, 15) is 4.79 Å². The van der Waals surface area contributed by atoms with Gasteiger partial charge in [-0.25, -0.2) is 0 Å². The molecule has 1 aliphatic rings. The van der Waals surface area contributed by atoms with E-state index >= 15 is 0 Å². The lowest BCUT2D eigenvalue weighted by atomic mass is 10.1. The first-order valence-electron chi connectivity index (χ1n) is 7.45. The van der Waals surface area contributed by atoms with E-state index in [1.54, 1.807) is 26.3 Å². The monoisotopic (exact) mass is 291 g/mol. The molecule has 1 amide bonds. The molecule has 2 rings (SSSR count). The van der Waals surface area contributed by atoms with Gasteiger partial charge in [0.05, 0.1) is 17.9 Å². The lowest BCUT2D eigenvalue weighted by Gasteiger charge is -2.33. The number of rotatable bonds is 7. The fourth-order valence-electron chi connectivity index (χ4n) is 2.68. The highest BCUT2D eigenvalue weighted by atomic mass is 16.5. The molecule has 1 fully saturated rings. The molecule has 1 aliphatic carbocycles. The lowest BCUT2D eigenvalue weighted by Crippen LogP contribution is -2.39. The van der Waals surface area contributed by atoms with Crippen LogP contribution >= 0.6 is 0 Å². The van der Waals surface area contributed by atoms with Gasteiger partial charge in [-0.3, -0.25) is 4.79 Å². The Kier molecular flexibility index (Phi) is 5.07. The van der Waals surface area contributed by atoms with Gasteiger partial charge in [-0.05, 0) is 43.9 Å². The predicted molar refractivity (Wildman–Crippen MR) is 85.7 cm³/mol. The minimum atomic E-state index is -0.0876. The zero-order chi connectivity index (χ0) is 15.4. The van der Waals surface area contributed by atoms with Gasteiger partial charge in [-0.2, -0.15) is 0 Å². The van der Waals surface area contributed by atoms with E-state index in [0.29, 0.717) is 29.8 Å². The Morgan fingerprint density at radius 1 is 1.52 bits per heavy atom. The third-order valence-electron chi connectivity index (χ3n) is 4.14. The Hall–Kier alpha value is -1.75. The Labute approximate surface area is 126 Å². The Balaban J connectivity index is 2.36. The number of methoxy groups -OCH3 is 1. The van der Waals surface area contributed by atoms with E-state index in [4.69, 9.17) is 10.5 Å². The van der Waals surface area contributed by atoms with Gasteiger partial charge in [0.1, 0.15) is 0 Å². The number of benzene rings is 1. The van der Waals surface area contributed by atoms with E-state index in [1.165, 1.54) is 12.8 Å². The average molecular weight is 291 g/mol. The van der Waals surface area contributed by atoms with Crippen LogP contribution in [0, 0.1) is 5.92 Å². The van der Waals surface area contributed by atoms with Crippen molar-refractivity contribution < 1.29 is 9.53 Å². The van der Waals surface area contributed by atoms with Crippen LogP contribution < -0.4 is 16.0 Å². The van der Waals surface area contributed by atoms with Crippen molar-refractivity contribution in [3.8, 4) is 0 Å². The average Bonchev–Trinajstić information content (AvgIpc) is 3.31. The number of nitrogens with two attached hydrogens (primary N) is 1. The highest BCUT2D eigenvalue weighted by molar-refractivity contribution is 6.00. The minimum Gasteiger partial charge on any atom is -0.399 e. The molecular formula is C16H25N3O2. The second-order valence-electron chi connectivity index (χ2n) is 5.62. The first-order chi connectivity index (χ1) is 10.1. The number of anilines is 2. The Morgan fingerprint density at radius 3 is 2.81 bits per heavy atom. The van der Waals surface area contributed by atoms with Gasteiger partial charge in [0.25, 0.3) is 5.91 Å². The van der Waals surface area contributed by atoms with Crippen LogP contribution in [0.15, 0.2) is 18.2 Å². The summed E-state index contributed by atoms with van der Waals surface area (Å²) in [5.41, 5.74) is 8.16. The number of nitrogens with zero attached hydrogens (tertiary/aromatic N) is 1. The van der Waals surface area contributed by atoms with E-state index in [0.717, 1.165) is 12.2 Å². The van der Waals surface area contributed by atoms with Gasteiger partial charge in [0.15, 0.2) is 0 Å². The van der Waals surface area contributed by atoms with Crippen molar-refractivity contribution in [1.29, 1.82) is 0 Å². The van der Waals surface area contributed by atoms with Crippen molar-refractivity contribution in [1.82, 2.24) is 5.32 Å². The van der Waals surface area contributed by atoms with Gasteiger partial charge < -0.3 is 20.7 Å². The molecule has 3 N–H and O–H groups in total. The summed E-state index contributed by atoms with van der Waals surface area (Å²) in [6.45, 7) is 3.59. The summed E-state index contributed by atoms with van der Waals surface area (Å²) >= 11 is 0. The predicted octanol–water partition coefficient (Wildman–Crippen LogP) is 1.88. The van der Waals surface area contributed by atoms with Gasteiger partial charge in [-0.15, -0.1) is 0 Å². The molecule has 1 aromatic carbocycles. The van der Waals surface area contributed by atoms with Crippen LogP contribution in [0.4, 0.5) is 11.4 Å². The number of nitrogen functional groups attached to an aromatic ring is 1. The number of carbonyl (C=O) groups is 1. The van der Waals surface area contributed by atoms with Gasteiger partial charge in [0.2, 0.25) is 0 Å². The van der Waals surface area contributed by atoms with Crippen LogP contribution in [0.2, 0.25) is 0 Å². The number of hydrogen-bond acceptors (Lipinski definition) is 4. The SMILES string of the molecule is CNC(=O)c1ccc(N)cc1N(CCOC)C(C)C1CC1. The smallest absolute Gasteiger partial charge is 0.253 e. The van der Waals surface area contributed by atoms with Crippen LogP contribution in [0.5, 0.6) is 0 Å². The summed E-state index contributed by atoms with van der Waals surface area (Å²) in [5.74, 6) is 0.608. The summed E-state index contributed by atoms with van der Waals surface area (Å²) in [4.78, 5) is 14.4.